The summed E-state index contributed by atoms with van der Waals surface area (Å²) in [5.74, 6) is 0.882. The Morgan fingerprint density at radius 1 is 1.12 bits per heavy atom. The van der Waals surface area contributed by atoms with Crippen LogP contribution < -0.4 is 9.47 Å². The average molecular weight is 370 g/mol. The Balaban J connectivity index is 1.67. The Bertz CT molecular complexity index is 728. The first-order valence-corrected chi connectivity index (χ1v) is 9.71. The summed E-state index contributed by atoms with van der Waals surface area (Å²) >= 11 is 0. The van der Waals surface area contributed by atoms with Crippen LogP contribution in [0.5, 0.6) is 11.5 Å². The van der Waals surface area contributed by atoms with Crippen LogP contribution in [-0.2, 0) is 19.6 Å². The van der Waals surface area contributed by atoms with Gasteiger partial charge in [0.15, 0.2) is 11.5 Å². The zero-order valence-corrected chi connectivity index (χ0v) is 15.0. The zero-order chi connectivity index (χ0) is 17.9. The third-order valence-electron chi connectivity index (χ3n) is 4.17. The fourth-order valence-corrected chi connectivity index (χ4v) is 4.23. The molecule has 1 aromatic rings. The number of hydrogen-bond donors (Lipinski definition) is 0. The highest BCUT2D eigenvalue weighted by Gasteiger charge is 2.31. The molecule has 9 heteroatoms. The molecule has 0 saturated carbocycles. The van der Waals surface area contributed by atoms with Crippen LogP contribution in [0.25, 0.3) is 0 Å². The van der Waals surface area contributed by atoms with Gasteiger partial charge in [0, 0.05) is 38.9 Å². The van der Waals surface area contributed by atoms with Crippen molar-refractivity contribution in [1.82, 2.24) is 9.21 Å². The lowest BCUT2D eigenvalue weighted by Crippen LogP contribution is -2.51. The van der Waals surface area contributed by atoms with E-state index in [-0.39, 0.29) is 30.5 Å². The molecule has 0 N–H and O–H groups in total. The molecular weight excluding hydrogens is 348 g/mol. The number of benzene rings is 1. The van der Waals surface area contributed by atoms with E-state index in [1.807, 2.05) is 6.92 Å². The first-order valence-electron chi connectivity index (χ1n) is 8.27. The first kappa shape index (κ1) is 18.0. The summed E-state index contributed by atoms with van der Waals surface area (Å²) in [6, 6.07) is 4.63. The molecule has 0 unspecified atom stereocenters. The SMILES string of the molecule is CCOCC(=O)N1CCN(S(=O)(=O)c2ccc3c(c2)OCCO3)CC1. The van der Waals surface area contributed by atoms with Gasteiger partial charge in [0.25, 0.3) is 0 Å². The van der Waals surface area contributed by atoms with Gasteiger partial charge in [0.2, 0.25) is 15.9 Å². The lowest BCUT2D eigenvalue weighted by atomic mass is 10.3. The summed E-state index contributed by atoms with van der Waals surface area (Å²) in [6.07, 6.45) is 0. The molecule has 0 aromatic heterocycles. The largest absolute Gasteiger partial charge is 0.486 e. The van der Waals surface area contributed by atoms with Crippen LogP contribution in [0.2, 0.25) is 0 Å². The number of ether oxygens (including phenoxy) is 3. The smallest absolute Gasteiger partial charge is 0.248 e. The maximum absolute atomic E-state index is 12.8. The van der Waals surface area contributed by atoms with Gasteiger partial charge in [0.05, 0.1) is 4.90 Å². The molecule has 0 spiro atoms. The molecule has 0 aliphatic carbocycles. The predicted octanol–water partition coefficient (Wildman–Crippen LogP) is 0.327. The van der Waals surface area contributed by atoms with Gasteiger partial charge in [-0.3, -0.25) is 4.79 Å². The van der Waals surface area contributed by atoms with Crippen molar-refractivity contribution in [3.63, 3.8) is 0 Å². The van der Waals surface area contributed by atoms with Crippen LogP contribution in [0.3, 0.4) is 0 Å². The molecule has 25 heavy (non-hydrogen) atoms. The molecule has 1 aromatic carbocycles. The summed E-state index contributed by atoms with van der Waals surface area (Å²) in [5.41, 5.74) is 0. The highest BCUT2D eigenvalue weighted by atomic mass is 32.2. The van der Waals surface area contributed by atoms with E-state index in [0.717, 1.165) is 0 Å². The van der Waals surface area contributed by atoms with E-state index in [2.05, 4.69) is 0 Å². The molecule has 138 valence electrons. The standard InChI is InChI=1S/C16H22N2O6S/c1-2-22-12-16(19)17-5-7-18(8-6-17)25(20,21)13-3-4-14-15(11-13)24-10-9-23-14/h3-4,11H,2,5-10,12H2,1H3. The topological polar surface area (TPSA) is 85.4 Å². The van der Waals surface area contributed by atoms with Crippen molar-refractivity contribution in [1.29, 1.82) is 0 Å². The second kappa shape index (κ2) is 7.59. The summed E-state index contributed by atoms with van der Waals surface area (Å²) in [7, 11) is -3.63. The molecule has 0 atom stereocenters. The van der Waals surface area contributed by atoms with Crippen molar-refractivity contribution >= 4 is 15.9 Å². The maximum atomic E-state index is 12.8. The van der Waals surface area contributed by atoms with Crippen LogP contribution in [0.4, 0.5) is 0 Å². The number of fused-ring (bicyclic) bond motifs is 1. The Morgan fingerprint density at radius 3 is 2.48 bits per heavy atom. The Hall–Kier alpha value is -1.84. The molecule has 2 aliphatic heterocycles. The second-order valence-corrected chi connectivity index (χ2v) is 7.67. The monoisotopic (exact) mass is 370 g/mol. The molecule has 0 radical (unpaired) electrons. The van der Waals surface area contributed by atoms with Gasteiger partial charge in [-0.2, -0.15) is 4.31 Å². The number of rotatable bonds is 5. The number of amides is 1. The number of nitrogens with zero attached hydrogens (tertiary/aromatic N) is 2. The summed E-state index contributed by atoms with van der Waals surface area (Å²) < 4.78 is 43.0. The number of piperazine rings is 1. The van der Waals surface area contributed by atoms with E-state index >= 15 is 0 Å². The summed E-state index contributed by atoms with van der Waals surface area (Å²) in [5, 5.41) is 0. The average Bonchev–Trinajstić information content (AvgIpc) is 2.65. The van der Waals surface area contributed by atoms with Crippen LogP contribution >= 0.6 is 0 Å². The number of hydrogen-bond acceptors (Lipinski definition) is 6. The van der Waals surface area contributed by atoms with E-state index < -0.39 is 10.0 Å². The maximum Gasteiger partial charge on any atom is 0.248 e. The van der Waals surface area contributed by atoms with Crippen molar-refractivity contribution < 1.29 is 27.4 Å². The van der Waals surface area contributed by atoms with Crippen LogP contribution in [0, 0.1) is 0 Å². The van der Waals surface area contributed by atoms with E-state index in [4.69, 9.17) is 14.2 Å². The first-order chi connectivity index (χ1) is 12.0. The number of sulfonamides is 1. The molecule has 2 heterocycles. The Morgan fingerprint density at radius 2 is 1.80 bits per heavy atom. The van der Waals surface area contributed by atoms with E-state index in [9.17, 15) is 13.2 Å². The molecule has 8 nitrogen and oxygen atoms in total. The van der Waals surface area contributed by atoms with Gasteiger partial charge in [0.1, 0.15) is 19.8 Å². The van der Waals surface area contributed by atoms with Gasteiger partial charge in [-0.25, -0.2) is 8.42 Å². The normalized spacial score (nSPS) is 18.2. The zero-order valence-electron chi connectivity index (χ0n) is 14.1. The lowest BCUT2D eigenvalue weighted by Gasteiger charge is -2.34. The van der Waals surface area contributed by atoms with Crippen LogP contribution in [0.1, 0.15) is 6.92 Å². The Kier molecular flexibility index (Phi) is 5.45. The third kappa shape index (κ3) is 3.88. The fraction of sp³-hybridized carbons (Fsp3) is 0.562. The molecule has 3 rings (SSSR count). The minimum absolute atomic E-state index is 0.0331. The van der Waals surface area contributed by atoms with Gasteiger partial charge in [-0.1, -0.05) is 0 Å². The highest BCUT2D eigenvalue weighted by molar-refractivity contribution is 7.89. The van der Waals surface area contributed by atoms with Crippen LogP contribution in [-0.4, -0.2) is 76.1 Å². The molecule has 1 fully saturated rings. The van der Waals surface area contributed by atoms with E-state index in [0.29, 0.717) is 44.4 Å². The molecule has 1 saturated heterocycles. The van der Waals surface area contributed by atoms with Gasteiger partial charge in [-0.05, 0) is 19.1 Å². The molecular formula is C16H22N2O6S. The fourth-order valence-electron chi connectivity index (χ4n) is 2.79. The van der Waals surface area contributed by atoms with Gasteiger partial charge < -0.3 is 19.1 Å². The number of carbonyl (C=O) groups excluding carboxylic acids is 1. The van der Waals surface area contributed by atoms with Gasteiger partial charge in [-0.15, -0.1) is 0 Å². The summed E-state index contributed by atoms with van der Waals surface area (Å²) in [6.45, 7) is 4.42. The second-order valence-electron chi connectivity index (χ2n) is 5.73. The lowest BCUT2D eigenvalue weighted by molar-refractivity contribution is -0.137. The predicted molar refractivity (Wildman–Crippen MR) is 89.3 cm³/mol. The molecule has 0 bridgehead atoms. The van der Waals surface area contributed by atoms with E-state index in [1.165, 1.54) is 16.4 Å². The molecule has 2 aliphatic rings. The number of carbonyl (C=O) groups is 1. The van der Waals surface area contributed by atoms with Crippen LogP contribution in [0.15, 0.2) is 23.1 Å². The minimum Gasteiger partial charge on any atom is -0.486 e. The third-order valence-corrected chi connectivity index (χ3v) is 6.07. The van der Waals surface area contributed by atoms with Crippen molar-refractivity contribution in [3.8, 4) is 11.5 Å². The van der Waals surface area contributed by atoms with Crippen molar-refractivity contribution in [2.45, 2.75) is 11.8 Å². The van der Waals surface area contributed by atoms with Crippen molar-refractivity contribution in [2.75, 3.05) is 52.6 Å². The van der Waals surface area contributed by atoms with Crippen molar-refractivity contribution in [3.05, 3.63) is 18.2 Å². The van der Waals surface area contributed by atoms with E-state index in [1.54, 1.807) is 11.0 Å². The minimum atomic E-state index is -3.63. The summed E-state index contributed by atoms with van der Waals surface area (Å²) in [4.78, 5) is 13.7. The quantitative estimate of drug-likeness (QED) is 0.742. The van der Waals surface area contributed by atoms with Crippen molar-refractivity contribution in [2.24, 2.45) is 0 Å². The Labute approximate surface area is 147 Å². The highest BCUT2D eigenvalue weighted by Crippen LogP contribution is 2.33. The molecule has 1 amide bonds. The van der Waals surface area contributed by atoms with Gasteiger partial charge >= 0.3 is 0 Å².